The molecule has 0 bridgehead atoms. The molecule has 2 atom stereocenters. The van der Waals surface area contributed by atoms with Crippen molar-refractivity contribution in [3.05, 3.63) is 0 Å². The fourth-order valence-electron chi connectivity index (χ4n) is 2.25. The lowest BCUT2D eigenvalue weighted by atomic mass is 9.88. The molecule has 1 N–H and O–H groups in total. The van der Waals surface area contributed by atoms with Gasteiger partial charge in [0.2, 0.25) is 5.91 Å². The van der Waals surface area contributed by atoms with Crippen LogP contribution in [0.4, 0.5) is 0 Å². The number of hydrogen-bond acceptors (Lipinski definition) is 1. The second-order valence-corrected chi connectivity index (χ2v) is 5.06. The summed E-state index contributed by atoms with van der Waals surface area (Å²) in [6.45, 7) is 4.31. The molecule has 2 aliphatic carbocycles. The third-order valence-corrected chi connectivity index (χ3v) is 3.68. The van der Waals surface area contributed by atoms with Crippen molar-refractivity contribution >= 4 is 5.91 Å². The van der Waals surface area contributed by atoms with Crippen LogP contribution in [0.5, 0.6) is 0 Å². The highest BCUT2D eigenvalue weighted by Crippen LogP contribution is 2.39. The molecule has 2 rings (SSSR count). The van der Waals surface area contributed by atoms with Crippen molar-refractivity contribution in [3.63, 3.8) is 0 Å². The maximum absolute atomic E-state index is 11.9. The van der Waals surface area contributed by atoms with Gasteiger partial charge in [0.1, 0.15) is 0 Å². The van der Waals surface area contributed by atoms with E-state index in [0.29, 0.717) is 17.9 Å². The van der Waals surface area contributed by atoms with Crippen LogP contribution < -0.4 is 5.32 Å². The maximum Gasteiger partial charge on any atom is 0.226 e. The average molecular weight is 181 g/mol. The summed E-state index contributed by atoms with van der Waals surface area (Å²) in [5.41, 5.74) is -0.0394. The Bertz CT molecular complexity index is 218. The molecule has 74 valence electrons. The zero-order valence-corrected chi connectivity index (χ0v) is 8.60. The molecule has 13 heavy (non-hydrogen) atoms. The van der Waals surface area contributed by atoms with Gasteiger partial charge in [-0.2, -0.15) is 0 Å². The molecule has 0 heterocycles. The van der Waals surface area contributed by atoms with Crippen molar-refractivity contribution in [3.8, 4) is 0 Å². The minimum Gasteiger partial charge on any atom is -0.353 e. The zero-order valence-electron chi connectivity index (χ0n) is 8.60. The highest BCUT2D eigenvalue weighted by atomic mass is 16.2. The molecule has 2 saturated carbocycles. The summed E-state index contributed by atoms with van der Waals surface area (Å²) in [4.78, 5) is 11.9. The van der Waals surface area contributed by atoms with Crippen molar-refractivity contribution in [1.82, 2.24) is 5.32 Å². The van der Waals surface area contributed by atoms with Gasteiger partial charge in [-0.05, 0) is 25.2 Å². The van der Waals surface area contributed by atoms with Crippen molar-refractivity contribution in [2.45, 2.75) is 52.0 Å². The van der Waals surface area contributed by atoms with Gasteiger partial charge < -0.3 is 5.32 Å². The minimum absolute atomic E-state index is 0.0394. The van der Waals surface area contributed by atoms with Gasteiger partial charge in [-0.15, -0.1) is 0 Å². The standard InChI is InChI=1S/C11H19NO/c1-8-7-9(8)12-10(13)11(2)5-3-4-6-11/h8-9H,3-7H2,1-2H3,(H,12,13)/t8-,9-/m1/s1. The van der Waals surface area contributed by atoms with Gasteiger partial charge in [-0.25, -0.2) is 0 Å². The smallest absolute Gasteiger partial charge is 0.226 e. The van der Waals surface area contributed by atoms with E-state index in [1.54, 1.807) is 0 Å². The van der Waals surface area contributed by atoms with Crippen LogP contribution in [0.15, 0.2) is 0 Å². The Balaban J connectivity index is 1.88. The largest absolute Gasteiger partial charge is 0.353 e. The van der Waals surface area contributed by atoms with E-state index in [0.717, 1.165) is 12.8 Å². The molecule has 0 aromatic heterocycles. The van der Waals surface area contributed by atoms with Gasteiger partial charge in [0.05, 0.1) is 0 Å². The molecule has 0 aromatic carbocycles. The van der Waals surface area contributed by atoms with Crippen LogP contribution in [0.3, 0.4) is 0 Å². The first-order chi connectivity index (χ1) is 6.12. The van der Waals surface area contributed by atoms with E-state index in [1.807, 2.05) is 0 Å². The van der Waals surface area contributed by atoms with Crippen LogP contribution in [0.2, 0.25) is 0 Å². The molecular formula is C11H19NO. The Morgan fingerprint density at radius 2 is 1.92 bits per heavy atom. The van der Waals surface area contributed by atoms with E-state index in [2.05, 4.69) is 19.2 Å². The summed E-state index contributed by atoms with van der Waals surface area (Å²) in [6, 6.07) is 0.491. The van der Waals surface area contributed by atoms with Crippen LogP contribution in [0.25, 0.3) is 0 Å². The van der Waals surface area contributed by atoms with Crippen LogP contribution >= 0.6 is 0 Å². The van der Waals surface area contributed by atoms with E-state index in [1.165, 1.54) is 19.3 Å². The van der Waals surface area contributed by atoms with Crippen LogP contribution in [-0.4, -0.2) is 11.9 Å². The molecule has 0 aromatic rings. The summed E-state index contributed by atoms with van der Waals surface area (Å²) in [5, 5.41) is 3.15. The summed E-state index contributed by atoms with van der Waals surface area (Å²) < 4.78 is 0. The van der Waals surface area contributed by atoms with Gasteiger partial charge in [0, 0.05) is 11.5 Å². The molecule has 0 radical (unpaired) electrons. The second kappa shape index (κ2) is 3.00. The van der Waals surface area contributed by atoms with Gasteiger partial charge in [-0.3, -0.25) is 4.79 Å². The number of nitrogens with one attached hydrogen (secondary N) is 1. The van der Waals surface area contributed by atoms with E-state index < -0.39 is 0 Å². The topological polar surface area (TPSA) is 29.1 Å². The first-order valence-electron chi connectivity index (χ1n) is 5.43. The zero-order chi connectivity index (χ0) is 9.47. The Morgan fingerprint density at radius 3 is 2.38 bits per heavy atom. The van der Waals surface area contributed by atoms with Crippen molar-refractivity contribution in [2.24, 2.45) is 11.3 Å². The molecule has 0 aliphatic heterocycles. The molecule has 2 aliphatic rings. The normalized spacial score (nSPS) is 35.8. The summed E-state index contributed by atoms with van der Waals surface area (Å²) in [6.07, 6.45) is 5.80. The lowest BCUT2D eigenvalue weighted by Gasteiger charge is -2.22. The molecule has 2 fully saturated rings. The summed E-state index contributed by atoms with van der Waals surface area (Å²) in [7, 11) is 0. The van der Waals surface area contributed by atoms with Crippen LogP contribution in [-0.2, 0) is 4.79 Å². The number of rotatable bonds is 2. The fraction of sp³-hybridized carbons (Fsp3) is 0.909. The van der Waals surface area contributed by atoms with E-state index in [4.69, 9.17) is 0 Å². The minimum atomic E-state index is -0.0394. The second-order valence-electron chi connectivity index (χ2n) is 5.06. The first-order valence-corrected chi connectivity index (χ1v) is 5.43. The SMILES string of the molecule is C[C@@H]1C[C@H]1NC(=O)C1(C)CCCC1. The Morgan fingerprint density at radius 1 is 1.38 bits per heavy atom. The van der Waals surface area contributed by atoms with Gasteiger partial charge in [0.25, 0.3) is 0 Å². The number of hydrogen-bond donors (Lipinski definition) is 1. The third kappa shape index (κ3) is 1.72. The van der Waals surface area contributed by atoms with Crippen molar-refractivity contribution in [2.75, 3.05) is 0 Å². The van der Waals surface area contributed by atoms with Crippen LogP contribution in [0.1, 0.15) is 46.0 Å². The highest BCUT2D eigenvalue weighted by molar-refractivity contribution is 5.83. The van der Waals surface area contributed by atoms with Crippen molar-refractivity contribution in [1.29, 1.82) is 0 Å². The molecule has 0 saturated heterocycles. The first kappa shape index (κ1) is 9.04. The molecule has 2 heteroatoms. The van der Waals surface area contributed by atoms with Crippen molar-refractivity contribution < 1.29 is 4.79 Å². The molecule has 2 nitrogen and oxygen atoms in total. The molecule has 0 unspecified atom stereocenters. The average Bonchev–Trinajstić information content (AvgIpc) is 2.62. The monoisotopic (exact) mass is 181 g/mol. The third-order valence-electron chi connectivity index (χ3n) is 3.68. The van der Waals surface area contributed by atoms with Crippen LogP contribution in [0, 0.1) is 11.3 Å². The lowest BCUT2D eigenvalue weighted by molar-refractivity contribution is -0.130. The van der Waals surface area contributed by atoms with Gasteiger partial charge in [-0.1, -0.05) is 26.7 Å². The Hall–Kier alpha value is -0.530. The highest BCUT2D eigenvalue weighted by Gasteiger charge is 2.41. The van der Waals surface area contributed by atoms with E-state index in [9.17, 15) is 4.79 Å². The molecular weight excluding hydrogens is 162 g/mol. The Kier molecular flexibility index (Phi) is 2.09. The van der Waals surface area contributed by atoms with Gasteiger partial charge >= 0.3 is 0 Å². The van der Waals surface area contributed by atoms with Gasteiger partial charge in [0.15, 0.2) is 0 Å². The van der Waals surface area contributed by atoms with E-state index >= 15 is 0 Å². The van der Waals surface area contributed by atoms with E-state index in [-0.39, 0.29) is 5.41 Å². The summed E-state index contributed by atoms with van der Waals surface area (Å²) >= 11 is 0. The number of carbonyl (C=O) groups is 1. The number of carbonyl (C=O) groups excluding carboxylic acids is 1. The summed E-state index contributed by atoms with van der Waals surface area (Å²) in [5.74, 6) is 1.02. The molecule has 1 amide bonds. The quantitative estimate of drug-likeness (QED) is 0.694. The lowest BCUT2D eigenvalue weighted by Crippen LogP contribution is -2.38. The predicted octanol–water partition coefficient (Wildman–Crippen LogP) is 2.09. The maximum atomic E-state index is 11.9. The fourth-order valence-corrected chi connectivity index (χ4v) is 2.25. The molecule has 0 spiro atoms. The predicted molar refractivity (Wildman–Crippen MR) is 52.3 cm³/mol. The number of amides is 1. The Labute approximate surface area is 80.1 Å².